The van der Waals surface area contributed by atoms with Gasteiger partial charge in [0.2, 0.25) is 0 Å². The second kappa shape index (κ2) is 9.03. The summed E-state index contributed by atoms with van der Waals surface area (Å²) in [5.74, 6) is 1.29. The van der Waals surface area contributed by atoms with Gasteiger partial charge in [-0.1, -0.05) is 39.0 Å². The molecular weight excluding hydrogens is 212 g/mol. The molecule has 0 saturated heterocycles. The zero-order chi connectivity index (χ0) is 12.3. The zero-order valence-corrected chi connectivity index (χ0v) is 10.9. The van der Waals surface area contributed by atoms with Crippen LogP contribution in [-0.4, -0.2) is 5.78 Å². The van der Waals surface area contributed by atoms with Gasteiger partial charge in [0.25, 0.3) is 0 Å². The molecule has 0 radical (unpaired) electrons. The van der Waals surface area contributed by atoms with E-state index < -0.39 is 0 Å². The van der Waals surface area contributed by atoms with Crippen molar-refractivity contribution in [1.82, 2.24) is 0 Å². The van der Waals surface area contributed by atoms with Crippen LogP contribution in [0.1, 0.15) is 64.1 Å². The average Bonchev–Trinajstić information content (AvgIpc) is 2.84. The summed E-state index contributed by atoms with van der Waals surface area (Å²) < 4.78 is 5.20. The molecule has 1 rings (SSSR count). The second-order valence-electron chi connectivity index (χ2n) is 4.64. The summed E-state index contributed by atoms with van der Waals surface area (Å²) in [6, 6.07) is 3.80. The lowest BCUT2D eigenvalue weighted by Gasteiger charge is -2.00. The molecule has 0 fully saturated rings. The predicted molar refractivity (Wildman–Crippen MR) is 70.0 cm³/mol. The smallest absolute Gasteiger partial charge is 0.133 e. The standard InChI is InChI=1S/C15H24O2/c1-2-3-4-5-6-7-9-14(16)11-12-15-10-8-13-17-15/h8,10,13H,2-7,9,11-12H2,1H3. The molecule has 0 atom stereocenters. The number of ketones is 1. The van der Waals surface area contributed by atoms with E-state index in [1.165, 1.54) is 32.1 Å². The van der Waals surface area contributed by atoms with E-state index in [-0.39, 0.29) is 0 Å². The lowest BCUT2D eigenvalue weighted by molar-refractivity contribution is -0.119. The van der Waals surface area contributed by atoms with Gasteiger partial charge < -0.3 is 4.42 Å². The number of aryl methyl sites for hydroxylation is 1. The van der Waals surface area contributed by atoms with Crippen molar-refractivity contribution in [2.45, 2.75) is 64.7 Å². The van der Waals surface area contributed by atoms with E-state index in [2.05, 4.69) is 6.92 Å². The number of furan rings is 1. The molecule has 0 aromatic carbocycles. The molecule has 1 aromatic rings. The van der Waals surface area contributed by atoms with Crippen molar-refractivity contribution in [2.75, 3.05) is 0 Å². The van der Waals surface area contributed by atoms with Gasteiger partial charge in [-0.3, -0.25) is 4.79 Å². The predicted octanol–water partition coefficient (Wildman–Crippen LogP) is 4.53. The minimum atomic E-state index is 0.372. The van der Waals surface area contributed by atoms with Crippen LogP contribution in [-0.2, 0) is 11.2 Å². The summed E-state index contributed by atoms with van der Waals surface area (Å²) in [7, 11) is 0. The summed E-state index contributed by atoms with van der Waals surface area (Å²) >= 11 is 0. The van der Waals surface area contributed by atoms with Crippen LogP contribution in [0.15, 0.2) is 22.8 Å². The molecule has 0 aliphatic rings. The Morgan fingerprint density at radius 1 is 1.12 bits per heavy atom. The molecule has 0 spiro atoms. The Hall–Kier alpha value is -1.05. The Morgan fingerprint density at radius 3 is 2.59 bits per heavy atom. The van der Waals surface area contributed by atoms with Crippen LogP contribution in [0.3, 0.4) is 0 Å². The van der Waals surface area contributed by atoms with E-state index in [1.807, 2.05) is 12.1 Å². The average molecular weight is 236 g/mol. The zero-order valence-electron chi connectivity index (χ0n) is 10.9. The fourth-order valence-corrected chi connectivity index (χ4v) is 1.94. The first kappa shape index (κ1) is 14.0. The maximum absolute atomic E-state index is 11.6. The highest BCUT2D eigenvalue weighted by atomic mass is 16.3. The monoisotopic (exact) mass is 236 g/mol. The Morgan fingerprint density at radius 2 is 1.88 bits per heavy atom. The van der Waals surface area contributed by atoms with E-state index >= 15 is 0 Å². The van der Waals surface area contributed by atoms with E-state index in [9.17, 15) is 4.79 Å². The molecular formula is C15H24O2. The highest BCUT2D eigenvalue weighted by Crippen LogP contribution is 2.10. The Kier molecular flexibility index (Phi) is 7.44. The summed E-state index contributed by atoms with van der Waals surface area (Å²) in [5.41, 5.74) is 0. The van der Waals surface area contributed by atoms with Crippen molar-refractivity contribution in [3.63, 3.8) is 0 Å². The van der Waals surface area contributed by atoms with Gasteiger partial charge in [0.1, 0.15) is 11.5 Å². The van der Waals surface area contributed by atoms with Gasteiger partial charge in [-0.15, -0.1) is 0 Å². The van der Waals surface area contributed by atoms with E-state index in [0.29, 0.717) is 12.2 Å². The van der Waals surface area contributed by atoms with E-state index in [0.717, 1.165) is 25.0 Å². The number of rotatable bonds is 10. The number of carbonyl (C=O) groups is 1. The summed E-state index contributed by atoms with van der Waals surface area (Å²) in [5, 5.41) is 0. The van der Waals surface area contributed by atoms with Crippen LogP contribution in [0.25, 0.3) is 0 Å². The lowest BCUT2D eigenvalue weighted by Crippen LogP contribution is -1.99. The van der Waals surface area contributed by atoms with E-state index in [1.54, 1.807) is 6.26 Å². The maximum atomic E-state index is 11.6. The molecule has 17 heavy (non-hydrogen) atoms. The largest absolute Gasteiger partial charge is 0.469 e. The fraction of sp³-hybridized carbons (Fsp3) is 0.667. The fourth-order valence-electron chi connectivity index (χ4n) is 1.94. The van der Waals surface area contributed by atoms with Crippen LogP contribution < -0.4 is 0 Å². The van der Waals surface area contributed by atoms with Crippen LogP contribution in [0, 0.1) is 0 Å². The van der Waals surface area contributed by atoms with Gasteiger partial charge in [0, 0.05) is 19.3 Å². The van der Waals surface area contributed by atoms with Crippen molar-refractivity contribution in [1.29, 1.82) is 0 Å². The van der Waals surface area contributed by atoms with Crippen molar-refractivity contribution in [2.24, 2.45) is 0 Å². The van der Waals surface area contributed by atoms with Crippen molar-refractivity contribution >= 4 is 5.78 Å². The van der Waals surface area contributed by atoms with Crippen molar-refractivity contribution in [3.8, 4) is 0 Å². The number of hydrogen-bond donors (Lipinski definition) is 0. The quantitative estimate of drug-likeness (QED) is 0.559. The van der Waals surface area contributed by atoms with Crippen LogP contribution in [0.4, 0.5) is 0 Å². The molecule has 2 nitrogen and oxygen atoms in total. The van der Waals surface area contributed by atoms with Gasteiger partial charge in [0.05, 0.1) is 6.26 Å². The van der Waals surface area contributed by atoms with Gasteiger partial charge in [-0.2, -0.15) is 0 Å². The number of Topliss-reactive ketones (excluding diaryl/α,β-unsaturated/α-hetero) is 1. The van der Waals surface area contributed by atoms with E-state index in [4.69, 9.17) is 4.42 Å². The first-order valence-electron chi connectivity index (χ1n) is 6.87. The van der Waals surface area contributed by atoms with Gasteiger partial charge in [-0.25, -0.2) is 0 Å². The molecule has 0 N–H and O–H groups in total. The number of unbranched alkanes of at least 4 members (excludes halogenated alkanes) is 5. The third-order valence-electron chi connectivity index (χ3n) is 3.04. The molecule has 2 heteroatoms. The van der Waals surface area contributed by atoms with Crippen molar-refractivity contribution in [3.05, 3.63) is 24.2 Å². The van der Waals surface area contributed by atoms with Gasteiger partial charge in [0.15, 0.2) is 0 Å². The first-order chi connectivity index (χ1) is 8.33. The Labute approximate surface area is 104 Å². The SMILES string of the molecule is CCCCCCCCC(=O)CCc1ccco1. The molecule has 0 amide bonds. The Bertz CT molecular complexity index is 288. The normalized spacial score (nSPS) is 10.6. The summed E-state index contributed by atoms with van der Waals surface area (Å²) in [6.45, 7) is 2.22. The number of hydrogen-bond acceptors (Lipinski definition) is 2. The lowest BCUT2D eigenvalue weighted by atomic mass is 10.1. The minimum Gasteiger partial charge on any atom is -0.469 e. The molecule has 0 aliphatic carbocycles. The topological polar surface area (TPSA) is 30.2 Å². The minimum absolute atomic E-state index is 0.372. The van der Waals surface area contributed by atoms with Crippen LogP contribution in [0.5, 0.6) is 0 Å². The van der Waals surface area contributed by atoms with Gasteiger partial charge in [-0.05, 0) is 18.6 Å². The summed E-state index contributed by atoms with van der Waals surface area (Å²) in [6.07, 6.45) is 11.2. The number of carbonyl (C=O) groups excluding carboxylic acids is 1. The molecule has 96 valence electrons. The first-order valence-corrected chi connectivity index (χ1v) is 6.87. The molecule has 0 aliphatic heterocycles. The molecule has 0 bridgehead atoms. The van der Waals surface area contributed by atoms with Crippen molar-refractivity contribution < 1.29 is 9.21 Å². The highest BCUT2D eigenvalue weighted by molar-refractivity contribution is 5.78. The van der Waals surface area contributed by atoms with Crippen LogP contribution >= 0.6 is 0 Å². The highest BCUT2D eigenvalue weighted by Gasteiger charge is 2.03. The third kappa shape index (κ3) is 6.98. The molecule has 1 aromatic heterocycles. The van der Waals surface area contributed by atoms with Crippen LogP contribution in [0.2, 0.25) is 0 Å². The Balaban J connectivity index is 1.94. The summed E-state index contributed by atoms with van der Waals surface area (Å²) in [4.78, 5) is 11.6. The maximum Gasteiger partial charge on any atom is 0.133 e. The molecule has 0 unspecified atom stereocenters. The second-order valence-corrected chi connectivity index (χ2v) is 4.64. The molecule has 1 heterocycles. The third-order valence-corrected chi connectivity index (χ3v) is 3.04. The van der Waals surface area contributed by atoms with Gasteiger partial charge >= 0.3 is 0 Å². The molecule has 0 saturated carbocycles.